The van der Waals surface area contributed by atoms with Crippen molar-refractivity contribution in [3.8, 4) is 0 Å². The monoisotopic (exact) mass is 138 g/mol. The molecular formula is C8H14N2. The lowest BCUT2D eigenvalue weighted by atomic mass is 10.1. The Morgan fingerprint density at radius 1 is 1.60 bits per heavy atom. The minimum absolute atomic E-state index is 0.376. The van der Waals surface area contributed by atoms with Crippen LogP contribution >= 0.6 is 0 Å². The van der Waals surface area contributed by atoms with Crippen molar-refractivity contribution in [2.24, 2.45) is 16.6 Å². The van der Waals surface area contributed by atoms with Crippen LogP contribution in [0.4, 0.5) is 0 Å². The summed E-state index contributed by atoms with van der Waals surface area (Å²) in [5.41, 5.74) is 6.19. The molecule has 0 aromatic rings. The summed E-state index contributed by atoms with van der Waals surface area (Å²) in [7, 11) is 0. The standard InChI is InChI=1S/C8H14N2/c1-4-5-10-8(6-9)7(2)3/h4-7H,1,9H2,2-3H3/b8-6-,10-5?. The maximum absolute atomic E-state index is 5.30. The van der Waals surface area contributed by atoms with Crippen LogP contribution in [0.5, 0.6) is 0 Å². The Kier molecular flexibility index (Phi) is 4.29. The molecule has 0 aliphatic heterocycles. The van der Waals surface area contributed by atoms with E-state index in [1.165, 1.54) is 6.20 Å². The first kappa shape index (κ1) is 8.95. The molecule has 0 spiro atoms. The number of hydrogen-bond donors (Lipinski definition) is 1. The van der Waals surface area contributed by atoms with Gasteiger partial charge in [0.1, 0.15) is 0 Å². The molecule has 0 rings (SSSR count). The smallest absolute Gasteiger partial charge is 0.0583 e. The van der Waals surface area contributed by atoms with Crippen LogP contribution in [-0.2, 0) is 0 Å². The predicted octanol–water partition coefficient (Wildman–Crippen LogP) is 1.70. The molecule has 0 aliphatic rings. The van der Waals surface area contributed by atoms with E-state index in [0.29, 0.717) is 5.92 Å². The second kappa shape index (κ2) is 4.79. The summed E-state index contributed by atoms with van der Waals surface area (Å²) < 4.78 is 0. The third kappa shape index (κ3) is 3.07. The van der Waals surface area contributed by atoms with Gasteiger partial charge in [-0.1, -0.05) is 26.5 Å². The first-order valence-electron chi connectivity index (χ1n) is 3.29. The molecule has 2 heteroatoms. The lowest BCUT2D eigenvalue weighted by molar-refractivity contribution is 0.756. The fourth-order valence-electron chi connectivity index (χ4n) is 0.523. The van der Waals surface area contributed by atoms with Crippen molar-refractivity contribution in [2.75, 3.05) is 0 Å². The van der Waals surface area contributed by atoms with E-state index in [-0.39, 0.29) is 0 Å². The Balaban J connectivity index is 4.10. The van der Waals surface area contributed by atoms with Crippen LogP contribution in [0.15, 0.2) is 29.5 Å². The summed E-state index contributed by atoms with van der Waals surface area (Å²) >= 11 is 0. The van der Waals surface area contributed by atoms with Gasteiger partial charge in [0.15, 0.2) is 0 Å². The van der Waals surface area contributed by atoms with E-state index in [9.17, 15) is 0 Å². The fraction of sp³-hybridized carbons (Fsp3) is 0.375. The van der Waals surface area contributed by atoms with Crippen molar-refractivity contribution >= 4 is 6.21 Å². The minimum Gasteiger partial charge on any atom is -0.403 e. The van der Waals surface area contributed by atoms with Gasteiger partial charge in [-0.25, -0.2) is 0 Å². The maximum atomic E-state index is 5.30. The normalized spacial score (nSPS) is 12.9. The molecule has 0 bridgehead atoms. The quantitative estimate of drug-likeness (QED) is 0.592. The van der Waals surface area contributed by atoms with E-state index in [2.05, 4.69) is 11.6 Å². The van der Waals surface area contributed by atoms with Crippen molar-refractivity contribution in [3.63, 3.8) is 0 Å². The molecule has 0 saturated carbocycles. The number of nitrogens with two attached hydrogens (primary N) is 1. The lowest BCUT2D eigenvalue weighted by Gasteiger charge is -2.01. The Morgan fingerprint density at radius 2 is 2.20 bits per heavy atom. The third-order valence-corrected chi connectivity index (χ3v) is 1.09. The molecule has 0 atom stereocenters. The van der Waals surface area contributed by atoms with Crippen molar-refractivity contribution in [1.82, 2.24) is 0 Å². The Labute approximate surface area is 62.1 Å². The van der Waals surface area contributed by atoms with E-state index in [1.54, 1.807) is 12.3 Å². The van der Waals surface area contributed by atoms with Crippen LogP contribution in [0.3, 0.4) is 0 Å². The highest BCUT2D eigenvalue weighted by Crippen LogP contribution is 2.07. The van der Waals surface area contributed by atoms with E-state index in [1.807, 2.05) is 13.8 Å². The van der Waals surface area contributed by atoms with Crippen molar-refractivity contribution in [1.29, 1.82) is 0 Å². The summed E-state index contributed by atoms with van der Waals surface area (Å²) in [5.74, 6) is 0.376. The summed E-state index contributed by atoms with van der Waals surface area (Å²) in [6.45, 7) is 7.59. The topological polar surface area (TPSA) is 38.4 Å². The lowest BCUT2D eigenvalue weighted by Crippen LogP contribution is -1.94. The summed E-state index contributed by atoms with van der Waals surface area (Å²) in [6, 6.07) is 0. The zero-order valence-electron chi connectivity index (χ0n) is 6.54. The largest absolute Gasteiger partial charge is 0.403 e. The van der Waals surface area contributed by atoms with Crippen molar-refractivity contribution in [3.05, 3.63) is 24.6 Å². The first-order valence-corrected chi connectivity index (χ1v) is 3.29. The van der Waals surface area contributed by atoms with Crippen LogP contribution in [-0.4, -0.2) is 6.21 Å². The molecular weight excluding hydrogens is 124 g/mol. The molecule has 0 aliphatic carbocycles. The van der Waals surface area contributed by atoms with Gasteiger partial charge in [0.2, 0.25) is 0 Å². The van der Waals surface area contributed by atoms with Crippen molar-refractivity contribution in [2.45, 2.75) is 13.8 Å². The zero-order chi connectivity index (χ0) is 7.98. The molecule has 2 N–H and O–H groups in total. The first-order chi connectivity index (χ1) is 4.72. The summed E-state index contributed by atoms with van der Waals surface area (Å²) in [4.78, 5) is 4.05. The van der Waals surface area contributed by atoms with Gasteiger partial charge in [-0.05, 0) is 5.92 Å². The van der Waals surface area contributed by atoms with Crippen LogP contribution in [0, 0.1) is 5.92 Å². The number of rotatable bonds is 3. The number of nitrogens with zero attached hydrogens (tertiary/aromatic N) is 1. The fourth-order valence-corrected chi connectivity index (χ4v) is 0.523. The second-order valence-electron chi connectivity index (χ2n) is 2.26. The van der Waals surface area contributed by atoms with Crippen LogP contribution in [0.2, 0.25) is 0 Å². The minimum atomic E-state index is 0.376. The van der Waals surface area contributed by atoms with Gasteiger partial charge in [0.25, 0.3) is 0 Å². The molecule has 0 fully saturated rings. The molecule has 0 aromatic heterocycles. The van der Waals surface area contributed by atoms with Gasteiger partial charge in [0, 0.05) is 12.4 Å². The number of allylic oxidation sites excluding steroid dienone is 2. The SMILES string of the molecule is C=CC=N/C(=C\N)C(C)C. The molecule has 0 unspecified atom stereocenters. The highest BCUT2D eigenvalue weighted by Gasteiger charge is 1.96. The summed E-state index contributed by atoms with van der Waals surface area (Å²) in [5, 5.41) is 0. The second-order valence-corrected chi connectivity index (χ2v) is 2.26. The van der Waals surface area contributed by atoms with Crippen LogP contribution < -0.4 is 5.73 Å². The van der Waals surface area contributed by atoms with Crippen LogP contribution in [0.25, 0.3) is 0 Å². The predicted molar refractivity (Wildman–Crippen MR) is 45.8 cm³/mol. The molecule has 0 amide bonds. The van der Waals surface area contributed by atoms with E-state index < -0.39 is 0 Å². The Hall–Kier alpha value is -1.05. The molecule has 0 radical (unpaired) electrons. The molecule has 56 valence electrons. The van der Waals surface area contributed by atoms with Crippen LogP contribution in [0.1, 0.15) is 13.8 Å². The molecule has 0 heterocycles. The Bertz CT molecular complexity index is 155. The number of aliphatic imine (C=N–C) groups is 1. The molecule has 0 aromatic carbocycles. The van der Waals surface area contributed by atoms with E-state index >= 15 is 0 Å². The average Bonchev–Trinajstić information content (AvgIpc) is 1.89. The van der Waals surface area contributed by atoms with Gasteiger partial charge < -0.3 is 5.73 Å². The molecule has 0 saturated heterocycles. The van der Waals surface area contributed by atoms with Gasteiger partial charge >= 0.3 is 0 Å². The Morgan fingerprint density at radius 3 is 2.50 bits per heavy atom. The maximum Gasteiger partial charge on any atom is 0.0583 e. The van der Waals surface area contributed by atoms with Gasteiger partial charge in [-0.15, -0.1) is 0 Å². The van der Waals surface area contributed by atoms with Gasteiger partial charge in [-0.2, -0.15) is 0 Å². The highest BCUT2D eigenvalue weighted by molar-refractivity contribution is 5.71. The molecule has 10 heavy (non-hydrogen) atoms. The van der Waals surface area contributed by atoms with E-state index in [4.69, 9.17) is 5.73 Å². The average molecular weight is 138 g/mol. The highest BCUT2D eigenvalue weighted by atomic mass is 14.8. The van der Waals surface area contributed by atoms with Gasteiger partial charge in [0.05, 0.1) is 5.70 Å². The number of hydrogen-bond acceptors (Lipinski definition) is 2. The summed E-state index contributed by atoms with van der Waals surface area (Å²) in [6.07, 6.45) is 4.79. The third-order valence-electron chi connectivity index (χ3n) is 1.09. The van der Waals surface area contributed by atoms with Crippen molar-refractivity contribution < 1.29 is 0 Å². The van der Waals surface area contributed by atoms with E-state index in [0.717, 1.165) is 5.70 Å². The zero-order valence-corrected chi connectivity index (χ0v) is 6.54. The van der Waals surface area contributed by atoms with Gasteiger partial charge in [-0.3, -0.25) is 4.99 Å². The molecule has 2 nitrogen and oxygen atoms in total.